The number of aliphatic carboxylic acids is 1. The van der Waals surface area contributed by atoms with Crippen molar-refractivity contribution in [3.05, 3.63) is 95.1 Å². The first-order chi connectivity index (χ1) is 26.7. The van der Waals surface area contributed by atoms with Gasteiger partial charge >= 0.3 is 5.97 Å². The van der Waals surface area contributed by atoms with Crippen molar-refractivity contribution in [3.63, 3.8) is 0 Å². The van der Waals surface area contributed by atoms with Gasteiger partial charge in [0.2, 0.25) is 11.8 Å². The Kier molecular flexibility index (Phi) is 10.3. The molecule has 1 saturated heterocycles. The van der Waals surface area contributed by atoms with Crippen LogP contribution in [0.3, 0.4) is 0 Å². The van der Waals surface area contributed by atoms with E-state index in [1.54, 1.807) is 24.3 Å². The van der Waals surface area contributed by atoms with E-state index in [0.717, 1.165) is 68.8 Å². The third kappa shape index (κ3) is 7.44. The number of anilines is 1. The molecular weight excluding hydrogens is 691 g/mol. The molecule has 4 aromatic rings. The summed E-state index contributed by atoms with van der Waals surface area (Å²) < 4.78 is 2.36. The van der Waals surface area contributed by atoms with Gasteiger partial charge in [-0.3, -0.25) is 14.4 Å². The quantitative estimate of drug-likeness (QED) is 0.166. The number of likely N-dealkylation sites (N-methyl/N-ethyl adjacent to an activating group) is 1. The number of nitrogens with zero attached hydrogens (tertiary/aromatic N) is 3. The Hall–Kier alpha value is -5.22. The van der Waals surface area contributed by atoms with Crippen LogP contribution < -0.4 is 10.6 Å². The Labute approximate surface area is 322 Å². The zero-order valence-electron chi connectivity index (χ0n) is 31.7. The molecule has 10 nitrogen and oxygen atoms in total. The van der Waals surface area contributed by atoms with Crippen LogP contribution in [0.2, 0.25) is 0 Å². The molecule has 3 fully saturated rings. The summed E-state index contributed by atoms with van der Waals surface area (Å²) in [6, 6.07) is 21.6. The number of carbonyl (C=O) groups excluding carboxylic acids is 3. The second-order valence-corrected chi connectivity index (χ2v) is 16.1. The summed E-state index contributed by atoms with van der Waals surface area (Å²) >= 11 is 0. The second kappa shape index (κ2) is 15.5. The summed E-state index contributed by atoms with van der Waals surface area (Å²) in [6.45, 7) is 3.75. The van der Waals surface area contributed by atoms with E-state index < -0.39 is 11.5 Å². The fraction of sp³-hybridized carbons (Fsp3) is 0.422. The molecule has 1 atom stereocenters. The molecular formula is C45H51N5O5. The Morgan fingerprint density at radius 3 is 2.31 bits per heavy atom. The summed E-state index contributed by atoms with van der Waals surface area (Å²) in [5.41, 5.74) is 6.61. The Bertz CT molecular complexity index is 2130. The van der Waals surface area contributed by atoms with Crippen molar-refractivity contribution in [2.75, 3.05) is 38.5 Å². The molecule has 8 rings (SSSR count). The van der Waals surface area contributed by atoms with Crippen molar-refractivity contribution in [2.45, 2.75) is 82.2 Å². The minimum atomic E-state index is -1.06. The van der Waals surface area contributed by atoms with Gasteiger partial charge in [-0.25, -0.2) is 4.79 Å². The van der Waals surface area contributed by atoms with Gasteiger partial charge in [0.05, 0.1) is 11.6 Å². The average molecular weight is 742 g/mol. The molecule has 286 valence electrons. The number of amides is 3. The van der Waals surface area contributed by atoms with Gasteiger partial charge in [-0.05, 0) is 92.1 Å². The van der Waals surface area contributed by atoms with Crippen LogP contribution in [0.1, 0.15) is 90.8 Å². The van der Waals surface area contributed by atoms with Crippen LogP contribution in [0.5, 0.6) is 0 Å². The summed E-state index contributed by atoms with van der Waals surface area (Å²) in [5, 5.41) is 16.3. The van der Waals surface area contributed by atoms with Crippen molar-refractivity contribution >= 4 is 46.4 Å². The number of aromatic nitrogens is 1. The van der Waals surface area contributed by atoms with Crippen molar-refractivity contribution in [3.8, 4) is 11.3 Å². The van der Waals surface area contributed by atoms with Gasteiger partial charge in [0.1, 0.15) is 5.54 Å². The molecule has 4 aliphatic rings. The van der Waals surface area contributed by atoms with Crippen LogP contribution >= 0.6 is 0 Å². The van der Waals surface area contributed by atoms with E-state index in [1.807, 2.05) is 17.0 Å². The molecule has 0 spiro atoms. The topological polar surface area (TPSA) is 124 Å². The van der Waals surface area contributed by atoms with E-state index in [9.17, 15) is 19.2 Å². The van der Waals surface area contributed by atoms with Crippen LogP contribution in [-0.2, 0) is 27.3 Å². The van der Waals surface area contributed by atoms with Crippen LogP contribution in [0.25, 0.3) is 28.2 Å². The lowest BCUT2D eigenvalue weighted by molar-refractivity contribution is -0.137. The third-order valence-electron chi connectivity index (χ3n) is 12.5. The summed E-state index contributed by atoms with van der Waals surface area (Å²) in [4.78, 5) is 57.8. The molecule has 3 amide bonds. The van der Waals surface area contributed by atoms with Gasteiger partial charge in [0, 0.05) is 66.5 Å². The van der Waals surface area contributed by atoms with Crippen LogP contribution in [0.4, 0.5) is 5.69 Å². The number of piperazine rings is 1. The number of carboxylic acid groups (broad SMARTS) is 1. The molecule has 3 heterocycles. The first-order valence-corrected chi connectivity index (χ1v) is 20.1. The fourth-order valence-electron chi connectivity index (χ4n) is 9.50. The highest BCUT2D eigenvalue weighted by molar-refractivity contribution is 6.06. The number of hydrogen-bond donors (Lipinski definition) is 3. The van der Waals surface area contributed by atoms with E-state index in [1.165, 1.54) is 47.7 Å². The van der Waals surface area contributed by atoms with Gasteiger partial charge in [0.25, 0.3) is 5.91 Å². The predicted molar refractivity (Wildman–Crippen MR) is 215 cm³/mol. The number of carbonyl (C=O) groups is 4. The number of fused-ring (bicyclic) bond motifs is 5. The molecule has 0 radical (unpaired) electrons. The van der Waals surface area contributed by atoms with Gasteiger partial charge < -0.3 is 30.1 Å². The third-order valence-corrected chi connectivity index (χ3v) is 12.5. The maximum absolute atomic E-state index is 14.3. The maximum atomic E-state index is 14.3. The van der Waals surface area contributed by atoms with E-state index in [-0.39, 0.29) is 23.6 Å². The summed E-state index contributed by atoms with van der Waals surface area (Å²) in [7, 11) is 2.10. The normalized spacial score (nSPS) is 20.2. The van der Waals surface area contributed by atoms with Crippen LogP contribution in [-0.4, -0.2) is 81.9 Å². The lowest BCUT2D eigenvalue weighted by Crippen LogP contribution is -2.55. The molecule has 2 aliphatic heterocycles. The molecule has 3 N–H and O–H groups in total. The van der Waals surface area contributed by atoms with E-state index >= 15 is 0 Å². The maximum Gasteiger partial charge on any atom is 0.328 e. The monoisotopic (exact) mass is 741 g/mol. The Morgan fingerprint density at radius 1 is 0.855 bits per heavy atom. The highest BCUT2D eigenvalue weighted by Gasteiger charge is 2.43. The van der Waals surface area contributed by atoms with Crippen LogP contribution in [0, 0.1) is 5.92 Å². The molecule has 3 aromatic carbocycles. The van der Waals surface area contributed by atoms with E-state index in [4.69, 9.17) is 5.11 Å². The molecule has 1 aromatic heterocycles. The molecule has 2 aliphatic carbocycles. The van der Waals surface area contributed by atoms with Crippen molar-refractivity contribution < 1.29 is 24.3 Å². The number of rotatable bonds is 8. The smallest absolute Gasteiger partial charge is 0.328 e. The van der Waals surface area contributed by atoms with Crippen molar-refractivity contribution in [2.24, 2.45) is 5.92 Å². The lowest BCUT2D eigenvalue weighted by Gasteiger charge is -2.34. The first-order valence-electron chi connectivity index (χ1n) is 20.1. The minimum absolute atomic E-state index is 0.200. The largest absolute Gasteiger partial charge is 0.478 e. The summed E-state index contributed by atoms with van der Waals surface area (Å²) in [5.74, 6) is -1.21. The first kappa shape index (κ1) is 36.7. The highest BCUT2D eigenvalue weighted by atomic mass is 16.4. The predicted octanol–water partition coefficient (Wildman–Crippen LogP) is 7.08. The fourth-order valence-corrected chi connectivity index (χ4v) is 9.50. The number of nitrogens with one attached hydrogen (secondary N) is 2. The average Bonchev–Trinajstić information content (AvgIpc) is 3.76. The van der Waals surface area contributed by atoms with E-state index in [0.29, 0.717) is 48.5 Å². The number of carboxylic acids is 1. The van der Waals surface area contributed by atoms with Crippen LogP contribution in [0.15, 0.2) is 72.8 Å². The van der Waals surface area contributed by atoms with Gasteiger partial charge in [-0.1, -0.05) is 74.6 Å². The molecule has 55 heavy (non-hydrogen) atoms. The number of hydrogen-bond acceptors (Lipinski definition) is 5. The van der Waals surface area contributed by atoms with Crippen molar-refractivity contribution in [1.82, 2.24) is 19.7 Å². The SMILES string of the molecule is CN1CCN(C(=O)C2Cc3ccccc3-c3c(C4CCCCC4)c4ccc(C(=O)NC5(C(=O)Nc6ccc(/C=C/C(=O)O)cc6)CCCC5)cc4n3C2)CC1. The Balaban J connectivity index is 1.14. The molecule has 1 unspecified atom stereocenters. The van der Waals surface area contributed by atoms with Gasteiger partial charge in [-0.2, -0.15) is 0 Å². The molecule has 2 saturated carbocycles. The van der Waals surface area contributed by atoms with E-state index in [2.05, 4.69) is 57.5 Å². The minimum Gasteiger partial charge on any atom is -0.478 e. The Morgan fingerprint density at radius 2 is 1.58 bits per heavy atom. The highest BCUT2D eigenvalue weighted by Crippen LogP contribution is 2.47. The zero-order valence-corrected chi connectivity index (χ0v) is 31.7. The number of benzene rings is 3. The standard InChI is InChI=1S/C45H51N5O5/c1-48-23-25-49(26-24-48)43(54)34-27-32-11-5-6-12-36(32)41-40(31-9-3-2-4-10-31)37-19-16-33(28-38(37)50(41)29-34)42(53)47-45(21-7-8-22-45)44(55)46-35-17-13-30(14-18-35)15-20-39(51)52/h5-6,11-20,28,31,34H,2-4,7-10,21-27,29H2,1H3,(H,46,55)(H,47,53)(H,51,52)/b20-15+. The van der Waals surface area contributed by atoms with Crippen molar-refractivity contribution in [1.29, 1.82) is 0 Å². The zero-order chi connectivity index (χ0) is 38.1. The second-order valence-electron chi connectivity index (χ2n) is 16.1. The lowest BCUT2D eigenvalue weighted by atomic mass is 9.81. The molecule has 10 heteroatoms. The van der Waals surface area contributed by atoms with Gasteiger partial charge in [-0.15, -0.1) is 0 Å². The van der Waals surface area contributed by atoms with Gasteiger partial charge in [0.15, 0.2) is 0 Å². The molecule has 0 bridgehead atoms. The summed E-state index contributed by atoms with van der Waals surface area (Å²) in [6.07, 6.45) is 11.8.